The first-order chi connectivity index (χ1) is 8.97. The van der Waals surface area contributed by atoms with E-state index in [1.807, 2.05) is 29.9 Å². The summed E-state index contributed by atoms with van der Waals surface area (Å²) in [5.74, 6) is 0. The molecular formula is C14H15F3N2. The van der Waals surface area contributed by atoms with Crippen LogP contribution in [0.5, 0.6) is 0 Å². The van der Waals surface area contributed by atoms with Crippen molar-refractivity contribution in [3.8, 4) is 0 Å². The summed E-state index contributed by atoms with van der Waals surface area (Å²) in [6.45, 7) is 1.23. The quantitative estimate of drug-likeness (QED) is 0.900. The van der Waals surface area contributed by atoms with Crippen LogP contribution in [0.2, 0.25) is 0 Å². The predicted molar refractivity (Wildman–Crippen MR) is 67.4 cm³/mol. The van der Waals surface area contributed by atoms with Crippen LogP contribution in [0.25, 0.3) is 0 Å². The highest BCUT2D eigenvalue weighted by atomic mass is 19.4. The molecule has 0 saturated heterocycles. The number of nitrogens with one attached hydrogen (secondary N) is 1. The van der Waals surface area contributed by atoms with Crippen molar-refractivity contribution in [2.24, 2.45) is 7.05 Å². The number of benzene rings is 1. The largest absolute Gasteiger partial charge is 0.416 e. The molecule has 0 aliphatic heterocycles. The zero-order valence-electron chi connectivity index (χ0n) is 10.5. The maximum absolute atomic E-state index is 12.4. The maximum Gasteiger partial charge on any atom is 0.416 e. The summed E-state index contributed by atoms with van der Waals surface area (Å²) in [5.41, 5.74) is 1.35. The first kappa shape index (κ1) is 13.7. The third-order valence-electron chi connectivity index (χ3n) is 2.97. The standard InChI is InChI=1S/C14H15F3N2/c1-19-8-2-3-13(19)10-18-9-11-4-6-12(7-5-11)14(15,16)17/h2-8,18H,9-10H2,1H3. The van der Waals surface area contributed by atoms with Gasteiger partial charge >= 0.3 is 6.18 Å². The third-order valence-corrected chi connectivity index (χ3v) is 2.97. The summed E-state index contributed by atoms with van der Waals surface area (Å²) in [5, 5.41) is 3.20. The van der Waals surface area contributed by atoms with Gasteiger partial charge < -0.3 is 9.88 Å². The van der Waals surface area contributed by atoms with Gasteiger partial charge in [-0.1, -0.05) is 12.1 Å². The Balaban J connectivity index is 1.89. The number of halogens is 3. The van der Waals surface area contributed by atoms with Crippen LogP contribution in [0.1, 0.15) is 16.8 Å². The van der Waals surface area contributed by atoms with Gasteiger partial charge in [0.1, 0.15) is 0 Å². The van der Waals surface area contributed by atoms with Crippen LogP contribution in [0, 0.1) is 0 Å². The van der Waals surface area contributed by atoms with E-state index in [9.17, 15) is 13.2 Å². The molecular weight excluding hydrogens is 253 g/mol. The van der Waals surface area contributed by atoms with Crippen LogP contribution in [0.15, 0.2) is 42.6 Å². The summed E-state index contributed by atoms with van der Waals surface area (Å²) in [7, 11) is 1.95. The van der Waals surface area contributed by atoms with Gasteiger partial charge in [0.15, 0.2) is 0 Å². The van der Waals surface area contributed by atoms with Crippen LogP contribution >= 0.6 is 0 Å². The second-order valence-electron chi connectivity index (χ2n) is 4.41. The van der Waals surface area contributed by atoms with E-state index in [1.54, 1.807) is 0 Å². The second-order valence-corrected chi connectivity index (χ2v) is 4.41. The van der Waals surface area contributed by atoms with Crippen molar-refractivity contribution in [1.29, 1.82) is 0 Å². The molecule has 0 bridgehead atoms. The summed E-state index contributed by atoms with van der Waals surface area (Å²) in [6.07, 6.45) is -2.32. The highest BCUT2D eigenvalue weighted by Crippen LogP contribution is 2.28. The molecule has 2 nitrogen and oxygen atoms in total. The van der Waals surface area contributed by atoms with E-state index in [2.05, 4.69) is 5.32 Å². The van der Waals surface area contributed by atoms with Gasteiger partial charge in [-0.15, -0.1) is 0 Å². The number of nitrogens with zero attached hydrogens (tertiary/aromatic N) is 1. The van der Waals surface area contributed by atoms with Crippen LogP contribution < -0.4 is 5.32 Å². The molecule has 5 heteroatoms. The molecule has 1 aromatic carbocycles. The van der Waals surface area contributed by atoms with Crippen LogP contribution in [0.3, 0.4) is 0 Å². The van der Waals surface area contributed by atoms with Gasteiger partial charge in [0.25, 0.3) is 0 Å². The van der Waals surface area contributed by atoms with E-state index in [-0.39, 0.29) is 0 Å². The molecule has 0 aliphatic carbocycles. The fourth-order valence-corrected chi connectivity index (χ4v) is 1.83. The zero-order valence-corrected chi connectivity index (χ0v) is 10.5. The Kier molecular flexibility index (Phi) is 3.95. The highest BCUT2D eigenvalue weighted by Gasteiger charge is 2.29. The Morgan fingerprint density at radius 2 is 1.74 bits per heavy atom. The molecule has 2 rings (SSSR count). The first-order valence-electron chi connectivity index (χ1n) is 5.94. The van der Waals surface area contributed by atoms with Gasteiger partial charge in [-0.3, -0.25) is 0 Å². The maximum atomic E-state index is 12.4. The van der Waals surface area contributed by atoms with E-state index in [4.69, 9.17) is 0 Å². The van der Waals surface area contributed by atoms with E-state index >= 15 is 0 Å². The Labute approximate surface area is 109 Å². The van der Waals surface area contributed by atoms with Gasteiger partial charge in [0.2, 0.25) is 0 Å². The molecule has 19 heavy (non-hydrogen) atoms. The van der Waals surface area contributed by atoms with Crippen molar-refractivity contribution in [2.75, 3.05) is 0 Å². The lowest BCUT2D eigenvalue weighted by Crippen LogP contribution is -2.15. The number of hydrogen-bond acceptors (Lipinski definition) is 1. The fraction of sp³-hybridized carbons (Fsp3) is 0.286. The lowest BCUT2D eigenvalue weighted by Gasteiger charge is -2.09. The Hall–Kier alpha value is -1.75. The summed E-state index contributed by atoms with van der Waals surface area (Å²) in [6, 6.07) is 9.18. The molecule has 1 N–H and O–H groups in total. The summed E-state index contributed by atoms with van der Waals surface area (Å²) in [4.78, 5) is 0. The van der Waals surface area contributed by atoms with Crippen molar-refractivity contribution in [1.82, 2.24) is 9.88 Å². The van der Waals surface area contributed by atoms with Gasteiger partial charge in [-0.2, -0.15) is 13.2 Å². The smallest absolute Gasteiger partial charge is 0.353 e. The van der Waals surface area contributed by atoms with Crippen molar-refractivity contribution >= 4 is 0 Å². The lowest BCUT2D eigenvalue weighted by molar-refractivity contribution is -0.137. The average Bonchev–Trinajstić information content (AvgIpc) is 2.75. The van der Waals surface area contributed by atoms with Crippen molar-refractivity contribution in [3.05, 3.63) is 59.4 Å². The molecule has 0 aliphatic rings. The molecule has 102 valence electrons. The van der Waals surface area contributed by atoms with Crippen molar-refractivity contribution in [2.45, 2.75) is 19.3 Å². The van der Waals surface area contributed by atoms with Gasteiger partial charge in [-0.25, -0.2) is 0 Å². The predicted octanol–water partition coefficient (Wildman–Crippen LogP) is 3.33. The molecule has 1 aromatic heterocycles. The fourth-order valence-electron chi connectivity index (χ4n) is 1.83. The van der Waals surface area contributed by atoms with Gasteiger partial charge in [0, 0.05) is 32.0 Å². The Morgan fingerprint density at radius 3 is 2.26 bits per heavy atom. The van der Waals surface area contributed by atoms with E-state index < -0.39 is 11.7 Å². The summed E-state index contributed by atoms with van der Waals surface area (Å²) >= 11 is 0. The molecule has 2 aromatic rings. The van der Waals surface area contributed by atoms with Crippen molar-refractivity contribution < 1.29 is 13.2 Å². The number of alkyl halides is 3. The van der Waals surface area contributed by atoms with E-state index in [0.29, 0.717) is 13.1 Å². The number of hydrogen-bond donors (Lipinski definition) is 1. The lowest BCUT2D eigenvalue weighted by atomic mass is 10.1. The minimum atomic E-state index is -4.27. The molecule has 0 amide bonds. The van der Waals surface area contributed by atoms with E-state index in [0.717, 1.165) is 23.4 Å². The molecule has 0 radical (unpaired) electrons. The van der Waals surface area contributed by atoms with E-state index in [1.165, 1.54) is 12.1 Å². The third kappa shape index (κ3) is 3.61. The SMILES string of the molecule is Cn1cccc1CNCc1ccc(C(F)(F)F)cc1. The zero-order chi connectivity index (χ0) is 13.9. The van der Waals surface area contributed by atoms with Crippen LogP contribution in [-0.4, -0.2) is 4.57 Å². The minimum Gasteiger partial charge on any atom is -0.353 e. The topological polar surface area (TPSA) is 17.0 Å². The molecule has 0 fully saturated rings. The molecule has 0 saturated carbocycles. The van der Waals surface area contributed by atoms with Crippen LogP contribution in [-0.2, 0) is 26.3 Å². The normalized spacial score (nSPS) is 11.8. The Bertz CT molecular complexity index is 526. The summed E-state index contributed by atoms with van der Waals surface area (Å²) < 4.78 is 39.2. The number of aryl methyl sites for hydroxylation is 1. The van der Waals surface area contributed by atoms with Crippen LogP contribution in [0.4, 0.5) is 13.2 Å². The average molecular weight is 268 g/mol. The van der Waals surface area contributed by atoms with Gasteiger partial charge in [0.05, 0.1) is 5.56 Å². The molecule has 0 unspecified atom stereocenters. The monoisotopic (exact) mass is 268 g/mol. The number of aromatic nitrogens is 1. The van der Waals surface area contributed by atoms with Gasteiger partial charge in [-0.05, 0) is 29.8 Å². The minimum absolute atomic E-state index is 0.545. The number of rotatable bonds is 4. The highest BCUT2D eigenvalue weighted by molar-refractivity contribution is 5.24. The second kappa shape index (κ2) is 5.48. The molecule has 1 heterocycles. The van der Waals surface area contributed by atoms with Crippen molar-refractivity contribution in [3.63, 3.8) is 0 Å². The first-order valence-corrected chi connectivity index (χ1v) is 5.94. The molecule has 0 spiro atoms. The molecule has 0 atom stereocenters. The Morgan fingerprint density at radius 1 is 1.05 bits per heavy atom.